The lowest BCUT2D eigenvalue weighted by Gasteiger charge is -2.16. The van der Waals surface area contributed by atoms with Crippen molar-refractivity contribution < 1.29 is 18.7 Å². The number of para-hydroxylation sites is 2. The smallest absolute Gasteiger partial charge is 0.328 e. The van der Waals surface area contributed by atoms with Gasteiger partial charge in [-0.3, -0.25) is 9.78 Å². The molecule has 3 aromatic rings. The van der Waals surface area contributed by atoms with Crippen molar-refractivity contribution in [1.29, 1.82) is 0 Å². The molecule has 0 spiro atoms. The van der Waals surface area contributed by atoms with Gasteiger partial charge in [-0.05, 0) is 29.8 Å². The number of nitrogens with one attached hydrogen (secondary N) is 1. The number of esters is 1. The third kappa shape index (κ3) is 4.84. The highest BCUT2D eigenvalue weighted by Gasteiger charge is 2.23. The Balaban J connectivity index is 1.72. The second-order valence-electron chi connectivity index (χ2n) is 6.00. The molecule has 0 saturated heterocycles. The molecule has 7 heteroatoms. The summed E-state index contributed by atoms with van der Waals surface area (Å²) in [7, 11) is 1.25. The Kier molecular flexibility index (Phi) is 5.71. The van der Waals surface area contributed by atoms with E-state index in [0.717, 1.165) is 5.52 Å². The summed E-state index contributed by atoms with van der Waals surface area (Å²) in [6, 6.07) is 12.2. The first-order valence-electron chi connectivity index (χ1n) is 8.37. The van der Waals surface area contributed by atoms with E-state index in [1.54, 1.807) is 12.3 Å². The molecule has 2 aromatic carbocycles. The number of methoxy groups -OCH3 is 1. The predicted octanol–water partition coefficient (Wildman–Crippen LogP) is 2.21. The average Bonchev–Trinajstić information content (AvgIpc) is 2.66. The third-order valence-electron chi connectivity index (χ3n) is 3.99. The maximum Gasteiger partial charge on any atom is 0.328 e. The lowest BCUT2D eigenvalue weighted by atomic mass is 10.1. The summed E-state index contributed by atoms with van der Waals surface area (Å²) in [5.74, 6) is -1.42. The summed E-state index contributed by atoms with van der Waals surface area (Å²) in [6.07, 6.45) is 1.66. The fraction of sp³-hybridized carbons (Fsp3) is 0.200. The number of fused-ring (bicyclic) bond motifs is 1. The molecule has 0 aliphatic rings. The quantitative estimate of drug-likeness (QED) is 0.676. The molecule has 138 valence electrons. The molecule has 1 aromatic heterocycles. The number of nitrogens with zero attached hydrogens (tertiary/aromatic N) is 2. The van der Waals surface area contributed by atoms with Crippen LogP contribution in [0.4, 0.5) is 4.39 Å². The van der Waals surface area contributed by atoms with Crippen LogP contribution in [0.15, 0.2) is 54.7 Å². The van der Waals surface area contributed by atoms with Gasteiger partial charge in [0.2, 0.25) is 5.91 Å². The van der Waals surface area contributed by atoms with Crippen molar-refractivity contribution in [1.82, 2.24) is 15.3 Å². The number of amides is 1. The van der Waals surface area contributed by atoms with Gasteiger partial charge in [0.05, 0.1) is 30.3 Å². The Labute approximate surface area is 155 Å². The van der Waals surface area contributed by atoms with Crippen molar-refractivity contribution in [2.75, 3.05) is 7.11 Å². The molecule has 1 amide bonds. The van der Waals surface area contributed by atoms with Gasteiger partial charge in [0.25, 0.3) is 0 Å². The molecule has 0 saturated carbocycles. The highest BCUT2D eigenvalue weighted by atomic mass is 19.1. The van der Waals surface area contributed by atoms with Gasteiger partial charge in [0.15, 0.2) is 0 Å². The van der Waals surface area contributed by atoms with Crippen LogP contribution in [0.1, 0.15) is 11.3 Å². The van der Waals surface area contributed by atoms with Crippen molar-refractivity contribution in [3.8, 4) is 0 Å². The number of rotatable bonds is 6. The fourth-order valence-electron chi connectivity index (χ4n) is 2.72. The van der Waals surface area contributed by atoms with Gasteiger partial charge in [-0.25, -0.2) is 14.2 Å². The molecule has 1 heterocycles. The molecule has 6 nitrogen and oxygen atoms in total. The van der Waals surface area contributed by atoms with E-state index in [9.17, 15) is 14.0 Å². The van der Waals surface area contributed by atoms with Crippen LogP contribution in [0.2, 0.25) is 0 Å². The summed E-state index contributed by atoms with van der Waals surface area (Å²) < 4.78 is 18.0. The molecule has 1 N–H and O–H groups in total. The van der Waals surface area contributed by atoms with E-state index in [4.69, 9.17) is 4.74 Å². The largest absolute Gasteiger partial charge is 0.467 e. The second-order valence-corrected chi connectivity index (χ2v) is 6.00. The first-order valence-corrected chi connectivity index (χ1v) is 8.37. The Morgan fingerprint density at radius 2 is 1.93 bits per heavy atom. The van der Waals surface area contributed by atoms with E-state index >= 15 is 0 Å². The van der Waals surface area contributed by atoms with Crippen molar-refractivity contribution in [3.05, 3.63) is 71.8 Å². The zero-order valence-electron chi connectivity index (χ0n) is 14.7. The summed E-state index contributed by atoms with van der Waals surface area (Å²) in [5.41, 5.74) is 2.51. The Morgan fingerprint density at radius 1 is 1.15 bits per heavy atom. The lowest BCUT2D eigenvalue weighted by molar-refractivity contribution is -0.145. The first kappa shape index (κ1) is 18.4. The average molecular weight is 367 g/mol. The molecule has 0 radical (unpaired) electrons. The van der Waals surface area contributed by atoms with Gasteiger partial charge >= 0.3 is 5.97 Å². The van der Waals surface area contributed by atoms with E-state index in [-0.39, 0.29) is 12.8 Å². The van der Waals surface area contributed by atoms with Crippen LogP contribution >= 0.6 is 0 Å². The first-order chi connectivity index (χ1) is 13.0. The molecule has 0 aliphatic carbocycles. The van der Waals surface area contributed by atoms with Crippen LogP contribution in [-0.4, -0.2) is 35.0 Å². The van der Waals surface area contributed by atoms with Gasteiger partial charge in [-0.15, -0.1) is 0 Å². The molecular weight excluding hydrogens is 349 g/mol. The highest BCUT2D eigenvalue weighted by molar-refractivity contribution is 5.85. The molecule has 27 heavy (non-hydrogen) atoms. The van der Waals surface area contributed by atoms with Gasteiger partial charge < -0.3 is 10.1 Å². The molecule has 3 rings (SSSR count). The van der Waals surface area contributed by atoms with Crippen molar-refractivity contribution in [2.24, 2.45) is 0 Å². The highest BCUT2D eigenvalue weighted by Crippen LogP contribution is 2.11. The van der Waals surface area contributed by atoms with Crippen molar-refractivity contribution >= 4 is 22.9 Å². The molecule has 0 bridgehead atoms. The van der Waals surface area contributed by atoms with E-state index in [1.807, 2.05) is 24.3 Å². The van der Waals surface area contributed by atoms with Gasteiger partial charge in [-0.1, -0.05) is 24.3 Å². The molecule has 1 atom stereocenters. The normalized spacial score (nSPS) is 11.8. The Morgan fingerprint density at radius 3 is 2.67 bits per heavy atom. The maximum absolute atomic E-state index is 13.3. The minimum atomic E-state index is -0.911. The predicted molar refractivity (Wildman–Crippen MR) is 97.3 cm³/mol. The third-order valence-corrected chi connectivity index (χ3v) is 3.99. The number of ether oxygens (including phenoxy) is 1. The summed E-state index contributed by atoms with van der Waals surface area (Å²) in [5, 5.41) is 2.63. The summed E-state index contributed by atoms with van der Waals surface area (Å²) in [6.45, 7) is 0. The standard InChI is InChI=1S/C20H18FN3O3/c1-27-20(26)18(24-19(25)10-13-5-4-6-14(21)9-13)11-15-12-22-16-7-2-3-8-17(16)23-15/h2-9,12,18H,10-11H2,1H3,(H,24,25)/t18-/m0/s1. The lowest BCUT2D eigenvalue weighted by Crippen LogP contribution is -2.43. The van der Waals surface area contributed by atoms with E-state index in [2.05, 4.69) is 15.3 Å². The number of carbonyl (C=O) groups excluding carboxylic acids is 2. The van der Waals surface area contributed by atoms with Crippen LogP contribution in [0.25, 0.3) is 11.0 Å². The number of aromatic nitrogens is 2. The SMILES string of the molecule is COC(=O)[C@H](Cc1cnc2ccccc2n1)NC(=O)Cc1cccc(F)c1. The molecule has 0 aliphatic heterocycles. The molecule has 0 fully saturated rings. The minimum absolute atomic E-state index is 0.0470. The van der Waals surface area contributed by atoms with Crippen molar-refractivity contribution in [3.63, 3.8) is 0 Å². The number of hydrogen-bond donors (Lipinski definition) is 1. The van der Waals surface area contributed by atoms with Crippen LogP contribution < -0.4 is 5.32 Å². The zero-order valence-corrected chi connectivity index (χ0v) is 14.7. The number of carbonyl (C=O) groups is 2. The monoisotopic (exact) mass is 367 g/mol. The molecule has 0 unspecified atom stereocenters. The molecular formula is C20H18FN3O3. The summed E-state index contributed by atoms with van der Waals surface area (Å²) in [4.78, 5) is 33.1. The number of benzene rings is 2. The maximum atomic E-state index is 13.3. The number of halogens is 1. The fourth-order valence-corrected chi connectivity index (χ4v) is 2.72. The zero-order chi connectivity index (χ0) is 19.2. The van der Waals surface area contributed by atoms with Gasteiger partial charge in [-0.2, -0.15) is 0 Å². The van der Waals surface area contributed by atoms with Crippen LogP contribution in [-0.2, 0) is 27.2 Å². The minimum Gasteiger partial charge on any atom is -0.467 e. The van der Waals surface area contributed by atoms with Gasteiger partial charge in [0.1, 0.15) is 11.9 Å². The van der Waals surface area contributed by atoms with Crippen LogP contribution in [0.3, 0.4) is 0 Å². The van der Waals surface area contributed by atoms with E-state index < -0.39 is 23.7 Å². The summed E-state index contributed by atoms with van der Waals surface area (Å²) >= 11 is 0. The second kappa shape index (κ2) is 8.35. The Hall–Kier alpha value is -3.35. The van der Waals surface area contributed by atoms with Crippen LogP contribution in [0, 0.1) is 5.82 Å². The van der Waals surface area contributed by atoms with Crippen LogP contribution in [0.5, 0.6) is 0 Å². The van der Waals surface area contributed by atoms with Gasteiger partial charge in [0, 0.05) is 12.6 Å². The van der Waals surface area contributed by atoms with Crippen molar-refractivity contribution in [2.45, 2.75) is 18.9 Å². The van der Waals surface area contributed by atoms with E-state index in [0.29, 0.717) is 16.8 Å². The topological polar surface area (TPSA) is 81.2 Å². The number of hydrogen-bond acceptors (Lipinski definition) is 5. The van der Waals surface area contributed by atoms with E-state index in [1.165, 1.54) is 25.3 Å². The Bertz CT molecular complexity index is 977.